The molecule has 0 aliphatic carbocycles. The van der Waals surface area contributed by atoms with Gasteiger partial charge in [-0.2, -0.15) is 0 Å². The Morgan fingerprint density at radius 2 is 1.71 bits per heavy atom. The zero-order chi connectivity index (χ0) is 10.7. The van der Waals surface area contributed by atoms with Crippen LogP contribution in [0.4, 0.5) is 0 Å². The average Bonchev–Trinajstić information content (AvgIpc) is 2.16. The lowest BCUT2D eigenvalue weighted by atomic mass is 10.1. The molecule has 1 rings (SSSR count). The maximum Gasteiger partial charge on any atom is 0.110 e. The van der Waals surface area contributed by atoms with E-state index in [0.29, 0.717) is 0 Å². The molecule has 0 aromatic carbocycles. The summed E-state index contributed by atoms with van der Waals surface area (Å²) in [6.45, 7) is -0.573. The zero-order valence-electron chi connectivity index (χ0n) is 7.06. The highest BCUT2D eigenvalue weighted by Gasteiger charge is 2.22. The SMILES string of the molecule is OCC(O)C(O)c1c(Cl)cncc1Cl. The molecule has 0 saturated heterocycles. The van der Waals surface area contributed by atoms with Gasteiger partial charge in [0.25, 0.3) is 0 Å². The summed E-state index contributed by atoms with van der Waals surface area (Å²) in [4.78, 5) is 3.69. The van der Waals surface area contributed by atoms with E-state index in [4.69, 9.17) is 28.3 Å². The van der Waals surface area contributed by atoms with Gasteiger partial charge in [0, 0.05) is 18.0 Å². The first-order valence-corrected chi connectivity index (χ1v) is 4.59. The van der Waals surface area contributed by atoms with E-state index >= 15 is 0 Å². The standard InChI is InChI=1S/C8H9Cl2NO3/c9-4-1-11-2-5(10)7(4)8(14)6(13)3-12/h1-2,6,8,12-14H,3H2. The van der Waals surface area contributed by atoms with Gasteiger partial charge < -0.3 is 15.3 Å². The molecule has 0 bridgehead atoms. The molecule has 6 heteroatoms. The lowest BCUT2D eigenvalue weighted by molar-refractivity contribution is -0.0152. The molecule has 0 spiro atoms. The molecule has 1 heterocycles. The Morgan fingerprint density at radius 3 is 2.14 bits per heavy atom. The third-order valence-corrected chi connectivity index (χ3v) is 2.34. The van der Waals surface area contributed by atoms with Crippen molar-refractivity contribution in [2.45, 2.75) is 12.2 Å². The molecule has 2 atom stereocenters. The lowest BCUT2D eigenvalue weighted by Gasteiger charge is -2.17. The Kier molecular flexibility index (Phi) is 4.10. The number of pyridine rings is 1. The predicted octanol–water partition coefficient (Wildman–Crippen LogP) is 0.775. The van der Waals surface area contributed by atoms with Gasteiger partial charge in [-0.05, 0) is 0 Å². The molecule has 14 heavy (non-hydrogen) atoms. The van der Waals surface area contributed by atoms with Crippen molar-refractivity contribution in [3.8, 4) is 0 Å². The van der Waals surface area contributed by atoms with Crippen LogP contribution in [-0.2, 0) is 0 Å². The molecule has 78 valence electrons. The number of aliphatic hydroxyl groups is 3. The van der Waals surface area contributed by atoms with Crippen molar-refractivity contribution in [2.24, 2.45) is 0 Å². The fourth-order valence-corrected chi connectivity index (χ4v) is 1.58. The van der Waals surface area contributed by atoms with Gasteiger partial charge in [0.15, 0.2) is 0 Å². The van der Waals surface area contributed by atoms with E-state index in [1.807, 2.05) is 0 Å². The largest absolute Gasteiger partial charge is 0.394 e. The van der Waals surface area contributed by atoms with Crippen LogP contribution in [0.15, 0.2) is 12.4 Å². The minimum absolute atomic E-state index is 0.150. The van der Waals surface area contributed by atoms with E-state index in [0.717, 1.165) is 0 Å². The Hall–Kier alpha value is -0.390. The van der Waals surface area contributed by atoms with Crippen molar-refractivity contribution in [3.05, 3.63) is 28.0 Å². The Labute approximate surface area is 90.7 Å². The average molecular weight is 238 g/mol. The van der Waals surface area contributed by atoms with Crippen LogP contribution in [0.25, 0.3) is 0 Å². The van der Waals surface area contributed by atoms with Crippen LogP contribution in [0.1, 0.15) is 11.7 Å². The molecule has 0 fully saturated rings. The molecule has 0 aliphatic rings. The van der Waals surface area contributed by atoms with E-state index in [9.17, 15) is 10.2 Å². The van der Waals surface area contributed by atoms with E-state index in [2.05, 4.69) is 4.98 Å². The van der Waals surface area contributed by atoms with Gasteiger partial charge in [-0.25, -0.2) is 0 Å². The van der Waals surface area contributed by atoms with E-state index in [-0.39, 0.29) is 15.6 Å². The summed E-state index contributed by atoms with van der Waals surface area (Å²) < 4.78 is 0. The number of hydrogen-bond donors (Lipinski definition) is 3. The third-order valence-electron chi connectivity index (χ3n) is 1.74. The predicted molar refractivity (Wildman–Crippen MR) is 52.3 cm³/mol. The highest BCUT2D eigenvalue weighted by molar-refractivity contribution is 6.35. The van der Waals surface area contributed by atoms with Gasteiger partial charge >= 0.3 is 0 Å². The van der Waals surface area contributed by atoms with Gasteiger partial charge in [-0.3, -0.25) is 4.98 Å². The summed E-state index contributed by atoms with van der Waals surface area (Å²) in [6, 6.07) is 0. The van der Waals surface area contributed by atoms with Crippen molar-refractivity contribution in [3.63, 3.8) is 0 Å². The van der Waals surface area contributed by atoms with Gasteiger partial charge in [-0.1, -0.05) is 23.2 Å². The number of hydrogen-bond acceptors (Lipinski definition) is 4. The fourth-order valence-electron chi connectivity index (χ4n) is 0.996. The van der Waals surface area contributed by atoms with Crippen LogP contribution in [0.5, 0.6) is 0 Å². The Balaban J connectivity index is 3.05. The maximum atomic E-state index is 9.54. The summed E-state index contributed by atoms with van der Waals surface area (Å²) in [5.74, 6) is 0. The monoisotopic (exact) mass is 237 g/mol. The highest BCUT2D eigenvalue weighted by Crippen LogP contribution is 2.30. The van der Waals surface area contributed by atoms with Crippen molar-refractivity contribution >= 4 is 23.2 Å². The third kappa shape index (κ3) is 2.34. The summed E-state index contributed by atoms with van der Waals surface area (Å²) >= 11 is 11.5. The van der Waals surface area contributed by atoms with Gasteiger partial charge in [0.05, 0.1) is 16.7 Å². The second kappa shape index (κ2) is 4.91. The normalized spacial score (nSPS) is 15.2. The second-order valence-electron chi connectivity index (χ2n) is 2.71. The first-order valence-electron chi connectivity index (χ1n) is 3.83. The van der Waals surface area contributed by atoms with E-state index in [1.54, 1.807) is 0 Å². The quantitative estimate of drug-likeness (QED) is 0.727. The second-order valence-corrected chi connectivity index (χ2v) is 3.53. The molecule has 2 unspecified atom stereocenters. The van der Waals surface area contributed by atoms with Crippen molar-refractivity contribution in [1.82, 2.24) is 4.98 Å². The summed E-state index contributed by atoms with van der Waals surface area (Å²) in [6.07, 6.45) is -0.0259. The fraction of sp³-hybridized carbons (Fsp3) is 0.375. The minimum atomic E-state index is -1.32. The maximum absolute atomic E-state index is 9.54. The molecular formula is C8H9Cl2NO3. The molecule has 1 aromatic rings. The number of nitrogens with zero attached hydrogens (tertiary/aromatic N) is 1. The van der Waals surface area contributed by atoms with Crippen LogP contribution < -0.4 is 0 Å². The first kappa shape index (κ1) is 11.7. The minimum Gasteiger partial charge on any atom is -0.394 e. The summed E-state index contributed by atoms with van der Waals surface area (Å²) in [7, 11) is 0. The van der Waals surface area contributed by atoms with Crippen molar-refractivity contribution in [1.29, 1.82) is 0 Å². The van der Waals surface area contributed by atoms with Crippen LogP contribution in [0.2, 0.25) is 10.0 Å². The number of aliphatic hydroxyl groups excluding tert-OH is 3. The lowest BCUT2D eigenvalue weighted by Crippen LogP contribution is -2.22. The molecule has 0 radical (unpaired) electrons. The van der Waals surface area contributed by atoms with Crippen LogP contribution in [-0.4, -0.2) is 33.0 Å². The number of aromatic nitrogens is 1. The first-order chi connectivity index (χ1) is 6.57. The van der Waals surface area contributed by atoms with Gasteiger partial charge in [-0.15, -0.1) is 0 Å². The molecule has 0 amide bonds. The zero-order valence-corrected chi connectivity index (χ0v) is 8.57. The number of rotatable bonds is 3. The van der Waals surface area contributed by atoms with Crippen LogP contribution in [0.3, 0.4) is 0 Å². The topological polar surface area (TPSA) is 73.6 Å². The van der Waals surface area contributed by atoms with E-state index < -0.39 is 18.8 Å². The molecule has 1 aromatic heterocycles. The van der Waals surface area contributed by atoms with Gasteiger partial charge in [0.2, 0.25) is 0 Å². The van der Waals surface area contributed by atoms with Gasteiger partial charge in [0.1, 0.15) is 12.2 Å². The highest BCUT2D eigenvalue weighted by atomic mass is 35.5. The smallest absolute Gasteiger partial charge is 0.110 e. The number of halogens is 2. The summed E-state index contributed by atoms with van der Waals surface area (Å²) in [5.41, 5.74) is 0.171. The molecule has 4 nitrogen and oxygen atoms in total. The Bertz CT molecular complexity index is 301. The van der Waals surface area contributed by atoms with Crippen molar-refractivity contribution in [2.75, 3.05) is 6.61 Å². The molecule has 0 aliphatic heterocycles. The van der Waals surface area contributed by atoms with E-state index in [1.165, 1.54) is 12.4 Å². The molecule has 3 N–H and O–H groups in total. The molecular weight excluding hydrogens is 229 g/mol. The van der Waals surface area contributed by atoms with Crippen LogP contribution >= 0.6 is 23.2 Å². The van der Waals surface area contributed by atoms with Crippen LogP contribution in [0, 0.1) is 0 Å². The molecule has 0 saturated carbocycles. The summed E-state index contributed by atoms with van der Waals surface area (Å²) in [5, 5.41) is 27.7. The van der Waals surface area contributed by atoms with Crippen molar-refractivity contribution < 1.29 is 15.3 Å². The Morgan fingerprint density at radius 1 is 1.21 bits per heavy atom.